The number of carbonyl (C=O) groups excluding carboxylic acids is 1. The van der Waals surface area contributed by atoms with E-state index in [-0.39, 0.29) is 5.97 Å². The molecule has 0 amide bonds. The second-order valence-corrected chi connectivity index (χ2v) is 3.88. The van der Waals surface area contributed by atoms with E-state index >= 15 is 0 Å². The van der Waals surface area contributed by atoms with Crippen molar-refractivity contribution in [3.63, 3.8) is 0 Å². The van der Waals surface area contributed by atoms with Crippen molar-refractivity contribution in [2.45, 2.75) is 19.4 Å². The highest BCUT2D eigenvalue weighted by atomic mass is 16.5. The van der Waals surface area contributed by atoms with Crippen LogP contribution in [0.4, 0.5) is 0 Å². The molecule has 0 bridgehead atoms. The van der Waals surface area contributed by atoms with Crippen LogP contribution in [0.5, 0.6) is 0 Å². The maximum atomic E-state index is 10.9. The normalized spacial score (nSPS) is 23.4. The summed E-state index contributed by atoms with van der Waals surface area (Å²) in [6, 6.07) is 0.584. The van der Waals surface area contributed by atoms with E-state index in [1.165, 1.54) is 13.2 Å². The number of ether oxygens (including phenoxy) is 1. The number of methoxy groups -OCH3 is 1. The van der Waals surface area contributed by atoms with Gasteiger partial charge in [0.05, 0.1) is 7.11 Å². The molecule has 0 radical (unpaired) electrons. The third kappa shape index (κ3) is 3.55. The molecule has 0 saturated carbocycles. The van der Waals surface area contributed by atoms with Crippen molar-refractivity contribution in [3.8, 4) is 0 Å². The van der Waals surface area contributed by atoms with E-state index in [4.69, 9.17) is 0 Å². The highest BCUT2D eigenvalue weighted by Crippen LogP contribution is 2.10. The average Bonchev–Trinajstić information content (AvgIpc) is 2.27. The quantitative estimate of drug-likeness (QED) is 0.509. The van der Waals surface area contributed by atoms with Crippen molar-refractivity contribution in [3.05, 3.63) is 12.3 Å². The third-order valence-electron chi connectivity index (χ3n) is 2.90. The van der Waals surface area contributed by atoms with Gasteiger partial charge in [0.1, 0.15) is 0 Å². The Labute approximate surface area is 91.5 Å². The van der Waals surface area contributed by atoms with Crippen molar-refractivity contribution in [1.82, 2.24) is 9.80 Å². The molecular formula is C11H20N2O2. The Balaban J connectivity index is 2.44. The first-order chi connectivity index (χ1) is 7.17. The molecule has 1 heterocycles. The number of nitrogens with zero attached hydrogens (tertiary/aromatic N) is 2. The Bertz CT molecular complexity index is 241. The number of esters is 1. The summed E-state index contributed by atoms with van der Waals surface area (Å²) < 4.78 is 4.55. The molecule has 1 rings (SSSR count). The molecule has 1 saturated heterocycles. The lowest BCUT2D eigenvalue weighted by atomic mass is 10.1. The Morgan fingerprint density at radius 3 is 2.87 bits per heavy atom. The van der Waals surface area contributed by atoms with Gasteiger partial charge in [0.25, 0.3) is 0 Å². The molecule has 0 aromatic heterocycles. The predicted octanol–water partition coefficient (Wildman–Crippen LogP) is 0.699. The van der Waals surface area contributed by atoms with Crippen molar-refractivity contribution in [2.24, 2.45) is 0 Å². The van der Waals surface area contributed by atoms with Crippen LogP contribution in [0.1, 0.15) is 13.3 Å². The van der Waals surface area contributed by atoms with E-state index in [0.717, 1.165) is 26.1 Å². The highest BCUT2D eigenvalue weighted by Gasteiger charge is 2.20. The van der Waals surface area contributed by atoms with Gasteiger partial charge in [-0.05, 0) is 13.5 Å². The number of carbonyl (C=O) groups is 1. The van der Waals surface area contributed by atoms with E-state index < -0.39 is 0 Å². The van der Waals surface area contributed by atoms with Crippen molar-refractivity contribution in [2.75, 3.05) is 33.8 Å². The minimum atomic E-state index is -0.290. The summed E-state index contributed by atoms with van der Waals surface area (Å²) in [4.78, 5) is 15.5. The van der Waals surface area contributed by atoms with Crippen molar-refractivity contribution >= 4 is 5.97 Å². The molecule has 0 N–H and O–H groups in total. The molecular weight excluding hydrogens is 192 g/mol. The average molecular weight is 212 g/mol. The summed E-state index contributed by atoms with van der Waals surface area (Å²) in [7, 11) is 3.54. The van der Waals surface area contributed by atoms with Crippen molar-refractivity contribution in [1.29, 1.82) is 0 Å². The van der Waals surface area contributed by atoms with Crippen molar-refractivity contribution < 1.29 is 9.53 Å². The summed E-state index contributed by atoms with van der Waals surface area (Å²) in [6.45, 7) is 5.19. The van der Waals surface area contributed by atoms with Crippen LogP contribution in [0.25, 0.3) is 0 Å². The molecule has 86 valence electrons. The van der Waals surface area contributed by atoms with Crippen LogP contribution in [-0.4, -0.2) is 55.6 Å². The smallest absolute Gasteiger partial charge is 0.331 e. The van der Waals surface area contributed by atoms with Gasteiger partial charge in [-0.1, -0.05) is 6.92 Å². The molecule has 0 aliphatic carbocycles. The second-order valence-electron chi connectivity index (χ2n) is 3.88. The number of likely N-dealkylation sites (N-methyl/N-ethyl adjacent to an activating group) is 1. The molecule has 1 aliphatic rings. The van der Waals surface area contributed by atoms with Crippen LogP contribution in [0.2, 0.25) is 0 Å². The van der Waals surface area contributed by atoms with Gasteiger partial charge >= 0.3 is 5.97 Å². The lowest BCUT2D eigenvalue weighted by Crippen LogP contribution is -2.49. The lowest BCUT2D eigenvalue weighted by molar-refractivity contribution is -0.134. The zero-order chi connectivity index (χ0) is 11.3. The first kappa shape index (κ1) is 12.0. The van der Waals surface area contributed by atoms with E-state index in [9.17, 15) is 4.79 Å². The molecule has 1 atom stereocenters. The Morgan fingerprint density at radius 2 is 2.27 bits per heavy atom. The van der Waals surface area contributed by atoms with Crippen LogP contribution in [0, 0.1) is 0 Å². The van der Waals surface area contributed by atoms with Crippen LogP contribution in [0.15, 0.2) is 12.3 Å². The topological polar surface area (TPSA) is 32.8 Å². The molecule has 4 nitrogen and oxygen atoms in total. The van der Waals surface area contributed by atoms with Gasteiger partial charge < -0.3 is 9.64 Å². The molecule has 15 heavy (non-hydrogen) atoms. The van der Waals surface area contributed by atoms with Gasteiger partial charge in [-0.2, -0.15) is 0 Å². The first-order valence-electron chi connectivity index (χ1n) is 5.37. The number of piperazine rings is 1. The summed E-state index contributed by atoms with van der Waals surface area (Å²) >= 11 is 0. The second kappa shape index (κ2) is 5.75. The lowest BCUT2D eigenvalue weighted by Gasteiger charge is -2.38. The fourth-order valence-corrected chi connectivity index (χ4v) is 1.78. The molecule has 0 spiro atoms. The maximum absolute atomic E-state index is 10.9. The summed E-state index contributed by atoms with van der Waals surface area (Å²) in [5.74, 6) is -0.290. The summed E-state index contributed by atoms with van der Waals surface area (Å²) in [5, 5.41) is 0. The molecule has 0 aromatic rings. The van der Waals surface area contributed by atoms with E-state index in [1.807, 2.05) is 6.20 Å². The summed E-state index contributed by atoms with van der Waals surface area (Å²) in [6.07, 6.45) is 4.46. The molecule has 4 heteroatoms. The zero-order valence-electron chi connectivity index (χ0n) is 9.77. The minimum Gasteiger partial charge on any atom is -0.466 e. The Kier molecular flexibility index (Phi) is 4.62. The fraction of sp³-hybridized carbons (Fsp3) is 0.727. The number of rotatable bonds is 3. The van der Waals surface area contributed by atoms with Gasteiger partial charge in [0.15, 0.2) is 0 Å². The van der Waals surface area contributed by atoms with Crippen LogP contribution >= 0.6 is 0 Å². The number of hydrogen-bond donors (Lipinski definition) is 0. The van der Waals surface area contributed by atoms with Crippen LogP contribution in [0.3, 0.4) is 0 Å². The standard InChI is InChI=1S/C11H20N2O2/c1-4-10-9-13(8-7-12(10)2)6-5-11(14)15-3/h5-6,10H,4,7-9H2,1-3H3. The van der Waals surface area contributed by atoms with Gasteiger partial charge in [0.2, 0.25) is 0 Å². The maximum Gasteiger partial charge on any atom is 0.331 e. The molecule has 1 unspecified atom stereocenters. The van der Waals surface area contributed by atoms with Gasteiger partial charge in [-0.25, -0.2) is 4.79 Å². The van der Waals surface area contributed by atoms with Crippen LogP contribution < -0.4 is 0 Å². The van der Waals surface area contributed by atoms with E-state index in [0.29, 0.717) is 6.04 Å². The van der Waals surface area contributed by atoms with Gasteiger partial charge in [0, 0.05) is 38.0 Å². The Hall–Kier alpha value is -1.03. The zero-order valence-corrected chi connectivity index (χ0v) is 9.77. The molecule has 1 fully saturated rings. The Morgan fingerprint density at radius 1 is 1.53 bits per heavy atom. The van der Waals surface area contributed by atoms with Crippen LogP contribution in [-0.2, 0) is 9.53 Å². The third-order valence-corrected chi connectivity index (χ3v) is 2.90. The predicted molar refractivity (Wildman–Crippen MR) is 59.4 cm³/mol. The van der Waals surface area contributed by atoms with E-state index in [2.05, 4.69) is 28.5 Å². The van der Waals surface area contributed by atoms with E-state index in [1.54, 1.807) is 0 Å². The summed E-state index contributed by atoms with van der Waals surface area (Å²) in [5.41, 5.74) is 0. The molecule has 0 aromatic carbocycles. The first-order valence-corrected chi connectivity index (χ1v) is 5.37. The molecule has 1 aliphatic heterocycles. The van der Waals surface area contributed by atoms with Gasteiger partial charge in [-0.15, -0.1) is 0 Å². The number of hydrogen-bond acceptors (Lipinski definition) is 4. The minimum absolute atomic E-state index is 0.290. The fourth-order valence-electron chi connectivity index (χ4n) is 1.78. The van der Waals surface area contributed by atoms with Gasteiger partial charge in [-0.3, -0.25) is 4.90 Å². The SMILES string of the molecule is CCC1CN(C=CC(=O)OC)CCN1C. The monoisotopic (exact) mass is 212 g/mol. The largest absolute Gasteiger partial charge is 0.466 e. The highest BCUT2D eigenvalue weighted by molar-refractivity contribution is 5.81.